The van der Waals surface area contributed by atoms with Crippen molar-refractivity contribution in [2.24, 2.45) is 11.8 Å². The van der Waals surface area contributed by atoms with E-state index in [9.17, 15) is 0 Å². The number of hydrazine groups is 1. The molecule has 0 aliphatic heterocycles. The van der Waals surface area contributed by atoms with E-state index >= 15 is 0 Å². The number of nitrogen functional groups attached to an aromatic ring is 1. The fraction of sp³-hybridized carbons (Fsp3) is 0.400. The van der Waals surface area contributed by atoms with Crippen molar-refractivity contribution in [3.8, 4) is 0 Å². The van der Waals surface area contributed by atoms with E-state index in [1.807, 2.05) is 24.3 Å². The number of hydrogen-bond acceptors (Lipinski definition) is 3. The van der Waals surface area contributed by atoms with Gasteiger partial charge in [0.15, 0.2) is 0 Å². The third-order valence-electron chi connectivity index (χ3n) is 2.60. The van der Waals surface area contributed by atoms with E-state index in [1.165, 1.54) is 12.8 Å². The molecule has 1 aliphatic rings. The predicted octanol–water partition coefficient (Wildman–Crippen LogP) is 1.18. The largest absolute Gasteiger partial charge is 0.398 e. The lowest BCUT2D eigenvalue weighted by Gasteiger charge is -2.17. The Labute approximate surface area is 78.1 Å². The maximum atomic E-state index is 5.87. The highest BCUT2D eigenvalue weighted by Crippen LogP contribution is 2.41. The first-order valence-electron chi connectivity index (χ1n) is 4.63. The first kappa shape index (κ1) is 8.53. The molecule has 1 aliphatic carbocycles. The van der Waals surface area contributed by atoms with Crippen LogP contribution in [0.15, 0.2) is 24.3 Å². The molecule has 0 bridgehead atoms. The van der Waals surface area contributed by atoms with Crippen molar-refractivity contribution in [1.29, 1.82) is 0 Å². The number of anilines is 1. The van der Waals surface area contributed by atoms with Crippen LogP contribution in [0, 0.1) is 5.92 Å². The van der Waals surface area contributed by atoms with Gasteiger partial charge in [0.25, 0.3) is 0 Å². The van der Waals surface area contributed by atoms with Gasteiger partial charge in [-0.15, -0.1) is 0 Å². The fourth-order valence-electron chi connectivity index (χ4n) is 1.70. The summed E-state index contributed by atoms with van der Waals surface area (Å²) in [4.78, 5) is 0. The summed E-state index contributed by atoms with van der Waals surface area (Å²) in [7, 11) is 0. The third kappa shape index (κ3) is 1.66. The van der Waals surface area contributed by atoms with Gasteiger partial charge in [-0.05, 0) is 30.4 Å². The number of rotatable bonds is 3. The van der Waals surface area contributed by atoms with E-state index < -0.39 is 0 Å². The summed E-state index contributed by atoms with van der Waals surface area (Å²) >= 11 is 0. The van der Waals surface area contributed by atoms with E-state index in [4.69, 9.17) is 11.6 Å². The lowest BCUT2D eigenvalue weighted by atomic mass is 10.0. The van der Waals surface area contributed by atoms with Gasteiger partial charge in [-0.2, -0.15) is 0 Å². The lowest BCUT2D eigenvalue weighted by Crippen LogP contribution is -2.29. The lowest BCUT2D eigenvalue weighted by molar-refractivity contribution is 0.498. The van der Waals surface area contributed by atoms with Gasteiger partial charge < -0.3 is 5.73 Å². The highest BCUT2D eigenvalue weighted by Gasteiger charge is 2.32. The highest BCUT2D eigenvalue weighted by molar-refractivity contribution is 5.48. The normalized spacial score (nSPS) is 18.5. The average molecular weight is 177 g/mol. The molecule has 13 heavy (non-hydrogen) atoms. The molecule has 1 aromatic carbocycles. The average Bonchev–Trinajstić information content (AvgIpc) is 2.93. The van der Waals surface area contributed by atoms with Crippen molar-refractivity contribution in [1.82, 2.24) is 5.43 Å². The molecular weight excluding hydrogens is 162 g/mol. The Morgan fingerprint density at radius 2 is 2.00 bits per heavy atom. The van der Waals surface area contributed by atoms with Gasteiger partial charge in [-0.25, -0.2) is 0 Å². The van der Waals surface area contributed by atoms with Crippen LogP contribution in [0.25, 0.3) is 0 Å². The van der Waals surface area contributed by atoms with Crippen LogP contribution in [-0.2, 0) is 0 Å². The summed E-state index contributed by atoms with van der Waals surface area (Å²) in [5.74, 6) is 6.18. The monoisotopic (exact) mass is 177 g/mol. The molecule has 0 amide bonds. The molecule has 3 heteroatoms. The van der Waals surface area contributed by atoms with Crippen LogP contribution in [0.5, 0.6) is 0 Å². The second-order valence-electron chi connectivity index (χ2n) is 3.61. The van der Waals surface area contributed by atoms with Gasteiger partial charge in [0.2, 0.25) is 0 Å². The second kappa shape index (κ2) is 3.36. The van der Waals surface area contributed by atoms with E-state index in [1.54, 1.807) is 0 Å². The van der Waals surface area contributed by atoms with Crippen molar-refractivity contribution >= 4 is 5.69 Å². The molecule has 0 radical (unpaired) electrons. The van der Waals surface area contributed by atoms with Crippen LogP contribution in [0.1, 0.15) is 24.4 Å². The Balaban J connectivity index is 2.26. The molecule has 0 heterocycles. The Morgan fingerprint density at radius 3 is 2.54 bits per heavy atom. The van der Waals surface area contributed by atoms with Crippen LogP contribution < -0.4 is 17.0 Å². The quantitative estimate of drug-likeness (QED) is 0.369. The minimum absolute atomic E-state index is 0.237. The van der Waals surface area contributed by atoms with Crippen LogP contribution in [0.2, 0.25) is 0 Å². The number of nitrogens with one attached hydrogen (secondary N) is 1. The Hall–Kier alpha value is -1.06. The summed E-state index contributed by atoms with van der Waals surface area (Å²) in [5, 5.41) is 0. The summed E-state index contributed by atoms with van der Waals surface area (Å²) in [5.41, 5.74) is 10.7. The third-order valence-corrected chi connectivity index (χ3v) is 2.60. The topological polar surface area (TPSA) is 64.1 Å². The van der Waals surface area contributed by atoms with Gasteiger partial charge in [0.05, 0.1) is 6.04 Å². The van der Waals surface area contributed by atoms with Crippen LogP contribution in [0.4, 0.5) is 5.69 Å². The van der Waals surface area contributed by atoms with Crippen LogP contribution in [0.3, 0.4) is 0 Å². The number of hydrogen-bond donors (Lipinski definition) is 3. The number of para-hydroxylation sites is 1. The van der Waals surface area contributed by atoms with Crippen molar-refractivity contribution in [3.63, 3.8) is 0 Å². The first-order valence-corrected chi connectivity index (χ1v) is 4.63. The Bertz CT molecular complexity index is 294. The maximum Gasteiger partial charge on any atom is 0.0508 e. The molecule has 1 unspecified atom stereocenters. The molecule has 1 saturated carbocycles. The Morgan fingerprint density at radius 1 is 1.31 bits per heavy atom. The van der Waals surface area contributed by atoms with Gasteiger partial charge in [-0.1, -0.05) is 18.2 Å². The molecule has 1 aromatic rings. The number of benzene rings is 1. The van der Waals surface area contributed by atoms with Gasteiger partial charge >= 0.3 is 0 Å². The van der Waals surface area contributed by atoms with Crippen LogP contribution in [-0.4, -0.2) is 0 Å². The van der Waals surface area contributed by atoms with Gasteiger partial charge in [0, 0.05) is 5.69 Å². The minimum atomic E-state index is 0.237. The molecule has 0 saturated heterocycles. The van der Waals surface area contributed by atoms with Crippen LogP contribution >= 0.6 is 0 Å². The van der Waals surface area contributed by atoms with E-state index in [0.29, 0.717) is 5.92 Å². The fourth-order valence-corrected chi connectivity index (χ4v) is 1.70. The Kier molecular flexibility index (Phi) is 2.20. The minimum Gasteiger partial charge on any atom is -0.398 e. The molecule has 2 rings (SSSR count). The SMILES string of the molecule is NNC(c1ccccc1N)C1CC1. The first-order chi connectivity index (χ1) is 6.33. The summed E-state index contributed by atoms with van der Waals surface area (Å²) in [6.07, 6.45) is 2.51. The summed E-state index contributed by atoms with van der Waals surface area (Å²) in [6, 6.07) is 8.14. The maximum absolute atomic E-state index is 5.87. The van der Waals surface area contributed by atoms with E-state index in [-0.39, 0.29) is 6.04 Å². The van der Waals surface area contributed by atoms with Crippen molar-refractivity contribution < 1.29 is 0 Å². The molecule has 0 aromatic heterocycles. The zero-order chi connectivity index (χ0) is 9.26. The van der Waals surface area contributed by atoms with Crippen molar-refractivity contribution in [2.45, 2.75) is 18.9 Å². The zero-order valence-electron chi connectivity index (χ0n) is 7.53. The second-order valence-corrected chi connectivity index (χ2v) is 3.61. The number of nitrogens with two attached hydrogens (primary N) is 2. The zero-order valence-corrected chi connectivity index (χ0v) is 7.53. The van der Waals surface area contributed by atoms with Crippen molar-refractivity contribution in [3.05, 3.63) is 29.8 Å². The molecular formula is C10H15N3. The molecule has 5 N–H and O–H groups in total. The molecule has 1 fully saturated rings. The molecule has 1 atom stereocenters. The van der Waals surface area contributed by atoms with E-state index in [2.05, 4.69) is 5.43 Å². The molecule has 3 nitrogen and oxygen atoms in total. The molecule has 70 valence electrons. The standard InChI is InChI=1S/C10H15N3/c11-9-4-2-1-3-8(9)10(13-12)7-5-6-7/h1-4,7,10,13H,5-6,11-12H2. The summed E-state index contributed by atoms with van der Waals surface area (Å²) in [6.45, 7) is 0. The predicted molar refractivity (Wildman–Crippen MR) is 53.6 cm³/mol. The van der Waals surface area contributed by atoms with Gasteiger partial charge in [-0.3, -0.25) is 11.3 Å². The van der Waals surface area contributed by atoms with E-state index in [0.717, 1.165) is 11.3 Å². The van der Waals surface area contributed by atoms with Gasteiger partial charge in [0.1, 0.15) is 0 Å². The summed E-state index contributed by atoms with van der Waals surface area (Å²) < 4.78 is 0. The highest BCUT2D eigenvalue weighted by atomic mass is 15.2. The molecule has 0 spiro atoms. The van der Waals surface area contributed by atoms with Crippen molar-refractivity contribution in [2.75, 3.05) is 5.73 Å². The smallest absolute Gasteiger partial charge is 0.0508 e.